The molecule has 0 saturated heterocycles. The third kappa shape index (κ3) is 3.36. The summed E-state index contributed by atoms with van der Waals surface area (Å²) in [4.78, 5) is 23.2. The molecule has 2 rings (SSSR count). The van der Waals surface area contributed by atoms with E-state index >= 15 is 0 Å². The van der Waals surface area contributed by atoms with Gasteiger partial charge in [-0.25, -0.2) is 19.3 Å². The van der Waals surface area contributed by atoms with E-state index in [1.54, 1.807) is 6.92 Å². The molecular weight excluding hydrogens is 294 g/mol. The molecule has 0 aliphatic heterocycles. The molecule has 1 amide bonds. The van der Waals surface area contributed by atoms with E-state index in [9.17, 15) is 9.18 Å². The predicted molar refractivity (Wildman–Crippen MR) is 68.9 cm³/mol. The summed E-state index contributed by atoms with van der Waals surface area (Å²) in [6, 6.07) is 2.51. The molecule has 0 atom stereocenters. The van der Waals surface area contributed by atoms with Gasteiger partial charge in [-0.3, -0.25) is 10.1 Å². The lowest BCUT2D eigenvalue weighted by molar-refractivity contribution is 0.102. The molecule has 0 aromatic carbocycles. The molecule has 0 radical (unpaired) electrons. The minimum absolute atomic E-state index is 0.00956. The van der Waals surface area contributed by atoms with Crippen LogP contribution in [-0.2, 0) is 0 Å². The minimum Gasteiger partial charge on any atom is -0.290 e. The van der Waals surface area contributed by atoms with Crippen molar-refractivity contribution in [2.24, 2.45) is 0 Å². The Balaban J connectivity index is 2.28. The lowest BCUT2D eigenvalue weighted by atomic mass is 10.2. The molecule has 0 saturated carbocycles. The average Bonchev–Trinajstić information content (AvgIpc) is 2.30. The topological polar surface area (TPSA) is 67.8 Å². The van der Waals surface area contributed by atoms with Crippen LogP contribution in [-0.4, -0.2) is 20.9 Å². The van der Waals surface area contributed by atoms with Crippen LogP contribution in [0.15, 0.2) is 18.3 Å². The van der Waals surface area contributed by atoms with Crippen LogP contribution in [0.25, 0.3) is 0 Å². The quantitative estimate of drug-likeness (QED) is 0.684. The van der Waals surface area contributed by atoms with E-state index in [-0.39, 0.29) is 21.8 Å². The zero-order valence-corrected chi connectivity index (χ0v) is 11.1. The second kappa shape index (κ2) is 5.46. The fourth-order valence-electron chi connectivity index (χ4n) is 1.34. The van der Waals surface area contributed by atoms with Crippen LogP contribution in [0.1, 0.15) is 16.1 Å². The Morgan fingerprint density at radius 3 is 2.74 bits per heavy atom. The standard InChI is InChI=1S/C11H7Cl2FN4O/c1-5-2-8(12)17-11(16-5)18-10(19)7-3-6(14)4-15-9(7)13/h2-4H,1H3,(H,16,17,18,19). The monoisotopic (exact) mass is 300 g/mol. The molecule has 1 N–H and O–H groups in total. The smallest absolute Gasteiger partial charge is 0.261 e. The van der Waals surface area contributed by atoms with Crippen LogP contribution >= 0.6 is 23.2 Å². The Morgan fingerprint density at radius 1 is 1.32 bits per heavy atom. The Kier molecular flexibility index (Phi) is 3.92. The first-order chi connectivity index (χ1) is 8.95. The van der Waals surface area contributed by atoms with E-state index in [2.05, 4.69) is 20.3 Å². The Morgan fingerprint density at radius 2 is 2.05 bits per heavy atom. The normalized spacial score (nSPS) is 10.3. The molecule has 5 nitrogen and oxygen atoms in total. The van der Waals surface area contributed by atoms with Crippen LogP contribution in [0.3, 0.4) is 0 Å². The SMILES string of the molecule is Cc1cc(Cl)nc(NC(=O)c2cc(F)cnc2Cl)n1. The minimum atomic E-state index is -0.669. The van der Waals surface area contributed by atoms with Crippen LogP contribution < -0.4 is 5.32 Å². The summed E-state index contributed by atoms with van der Waals surface area (Å²) >= 11 is 11.4. The molecular formula is C11H7Cl2FN4O. The van der Waals surface area contributed by atoms with E-state index in [1.807, 2.05) is 0 Å². The van der Waals surface area contributed by atoms with E-state index in [1.165, 1.54) is 6.07 Å². The molecule has 2 heterocycles. The summed E-state index contributed by atoms with van der Waals surface area (Å²) in [6.07, 6.45) is 0.916. The fourth-order valence-corrected chi connectivity index (χ4v) is 1.76. The number of carbonyl (C=O) groups is 1. The maximum absolute atomic E-state index is 13.0. The van der Waals surface area contributed by atoms with Crippen LogP contribution in [0.4, 0.5) is 10.3 Å². The van der Waals surface area contributed by atoms with Crippen LogP contribution in [0.5, 0.6) is 0 Å². The molecule has 0 spiro atoms. The highest BCUT2D eigenvalue weighted by atomic mass is 35.5. The number of hydrogen-bond donors (Lipinski definition) is 1. The number of nitrogens with zero attached hydrogens (tertiary/aromatic N) is 3. The summed E-state index contributed by atoms with van der Waals surface area (Å²) in [5, 5.41) is 2.44. The number of amides is 1. The molecule has 0 aliphatic carbocycles. The number of aromatic nitrogens is 3. The molecule has 8 heteroatoms. The van der Waals surface area contributed by atoms with Crippen molar-refractivity contribution >= 4 is 35.1 Å². The highest BCUT2D eigenvalue weighted by Crippen LogP contribution is 2.16. The molecule has 0 aliphatic rings. The van der Waals surface area contributed by atoms with Crippen molar-refractivity contribution in [1.82, 2.24) is 15.0 Å². The molecule has 0 fully saturated rings. The van der Waals surface area contributed by atoms with Gasteiger partial charge in [0.05, 0.1) is 11.8 Å². The predicted octanol–water partition coefficient (Wildman–Crippen LogP) is 2.88. The summed E-state index contributed by atoms with van der Waals surface area (Å²) in [5.41, 5.74) is 0.474. The maximum atomic E-state index is 13.0. The molecule has 2 aromatic rings. The van der Waals surface area contributed by atoms with Crippen molar-refractivity contribution < 1.29 is 9.18 Å². The number of aryl methyl sites for hydroxylation is 1. The fraction of sp³-hybridized carbons (Fsp3) is 0.0909. The van der Waals surface area contributed by atoms with Gasteiger partial charge in [0.15, 0.2) is 0 Å². The molecule has 0 bridgehead atoms. The largest absolute Gasteiger partial charge is 0.290 e. The van der Waals surface area contributed by atoms with E-state index in [4.69, 9.17) is 23.2 Å². The van der Waals surface area contributed by atoms with Crippen molar-refractivity contribution in [2.45, 2.75) is 6.92 Å². The lowest BCUT2D eigenvalue weighted by Crippen LogP contribution is -2.15. The zero-order chi connectivity index (χ0) is 14.0. The summed E-state index contributed by atoms with van der Waals surface area (Å²) in [5.74, 6) is -1.33. The van der Waals surface area contributed by atoms with Crippen molar-refractivity contribution in [3.8, 4) is 0 Å². The second-order valence-corrected chi connectivity index (χ2v) is 4.35. The van der Waals surface area contributed by atoms with E-state index < -0.39 is 11.7 Å². The van der Waals surface area contributed by atoms with Gasteiger partial charge in [-0.15, -0.1) is 0 Å². The van der Waals surface area contributed by atoms with Crippen LogP contribution in [0, 0.1) is 12.7 Å². The molecule has 98 valence electrons. The summed E-state index contributed by atoms with van der Waals surface area (Å²) in [7, 11) is 0. The van der Waals surface area contributed by atoms with E-state index in [0.717, 1.165) is 12.3 Å². The first-order valence-electron chi connectivity index (χ1n) is 5.09. The molecule has 0 unspecified atom stereocenters. The van der Waals surface area contributed by atoms with Gasteiger partial charge < -0.3 is 0 Å². The van der Waals surface area contributed by atoms with Crippen molar-refractivity contribution in [3.05, 3.63) is 45.7 Å². The average molecular weight is 301 g/mol. The van der Waals surface area contributed by atoms with Gasteiger partial charge in [0.1, 0.15) is 16.1 Å². The summed E-state index contributed by atoms with van der Waals surface area (Å²) in [6.45, 7) is 1.69. The van der Waals surface area contributed by atoms with Gasteiger partial charge in [-0.05, 0) is 19.1 Å². The number of hydrogen-bond acceptors (Lipinski definition) is 4. The first-order valence-corrected chi connectivity index (χ1v) is 5.85. The van der Waals surface area contributed by atoms with Crippen molar-refractivity contribution in [2.75, 3.05) is 5.32 Å². The molecule has 2 aromatic heterocycles. The van der Waals surface area contributed by atoms with Crippen LogP contribution in [0.2, 0.25) is 10.3 Å². The zero-order valence-electron chi connectivity index (χ0n) is 9.62. The van der Waals surface area contributed by atoms with E-state index in [0.29, 0.717) is 5.69 Å². The van der Waals surface area contributed by atoms with Crippen molar-refractivity contribution in [3.63, 3.8) is 0 Å². The number of nitrogens with one attached hydrogen (secondary N) is 1. The number of halogens is 3. The number of anilines is 1. The highest BCUT2D eigenvalue weighted by molar-refractivity contribution is 6.33. The third-order valence-electron chi connectivity index (χ3n) is 2.10. The number of rotatable bonds is 2. The third-order valence-corrected chi connectivity index (χ3v) is 2.59. The maximum Gasteiger partial charge on any atom is 0.261 e. The Bertz CT molecular complexity index is 630. The highest BCUT2D eigenvalue weighted by Gasteiger charge is 2.14. The van der Waals surface area contributed by atoms with Gasteiger partial charge in [0, 0.05) is 5.69 Å². The van der Waals surface area contributed by atoms with Gasteiger partial charge in [-0.1, -0.05) is 23.2 Å². The Hall–Kier alpha value is -1.79. The van der Waals surface area contributed by atoms with Gasteiger partial charge in [-0.2, -0.15) is 0 Å². The summed E-state index contributed by atoms with van der Waals surface area (Å²) < 4.78 is 13.0. The molecule has 19 heavy (non-hydrogen) atoms. The second-order valence-electron chi connectivity index (χ2n) is 3.60. The van der Waals surface area contributed by atoms with Gasteiger partial charge in [0.2, 0.25) is 5.95 Å². The Labute approximate surface area is 117 Å². The first kappa shape index (κ1) is 13.6. The number of pyridine rings is 1. The lowest BCUT2D eigenvalue weighted by Gasteiger charge is -2.06. The van der Waals surface area contributed by atoms with Gasteiger partial charge >= 0.3 is 0 Å². The van der Waals surface area contributed by atoms with Gasteiger partial charge in [0.25, 0.3) is 5.91 Å². The van der Waals surface area contributed by atoms with Crippen molar-refractivity contribution in [1.29, 1.82) is 0 Å². The number of carbonyl (C=O) groups excluding carboxylic acids is 1.